The Bertz CT molecular complexity index is 1130. The van der Waals surface area contributed by atoms with Crippen LogP contribution >= 0.6 is 23.5 Å². The standard InChI is InChI=1S/C19H18N6O6S2.Na/c1-24-19(21-22-23-24)33-8-11-7-32-17-12(16(28)25(17)13(11)18(29)30)20-15(27)14(31-9-26)10-5-3-2-4-6-10;/h2-6,9,12,14,17H,7-8H2,1H3,(H,20,27)(H,29,30);/q;+1/p-1/t12-,14-,17?;/m1./s1. The van der Waals surface area contributed by atoms with Crippen LogP contribution in [0.25, 0.3) is 0 Å². The van der Waals surface area contributed by atoms with E-state index in [4.69, 9.17) is 4.74 Å². The summed E-state index contributed by atoms with van der Waals surface area (Å²) >= 11 is 2.55. The molecule has 3 atom stereocenters. The number of thioether (sulfide) groups is 2. The van der Waals surface area contributed by atoms with E-state index in [1.54, 1.807) is 37.4 Å². The topological polar surface area (TPSA) is 159 Å². The van der Waals surface area contributed by atoms with Gasteiger partial charge in [0.25, 0.3) is 18.3 Å². The molecule has 12 nitrogen and oxygen atoms in total. The molecule has 2 aromatic rings. The monoisotopic (exact) mass is 512 g/mol. The van der Waals surface area contributed by atoms with E-state index in [1.165, 1.54) is 28.2 Å². The van der Waals surface area contributed by atoms with Crippen molar-refractivity contribution in [3.8, 4) is 0 Å². The maximum absolute atomic E-state index is 12.8. The first-order chi connectivity index (χ1) is 15.9. The average Bonchev–Trinajstić information content (AvgIpc) is 3.23. The van der Waals surface area contributed by atoms with Crippen LogP contribution in [-0.4, -0.2) is 72.3 Å². The molecule has 34 heavy (non-hydrogen) atoms. The number of aliphatic carboxylic acids is 1. The first-order valence-corrected chi connectivity index (χ1v) is 11.6. The normalized spacial score (nSPS) is 19.9. The predicted octanol–water partition coefficient (Wildman–Crippen LogP) is -4.38. The molecule has 1 saturated heterocycles. The van der Waals surface area contributed by atoms with E-state index in [0.717, 1.165) is 4.90 Å². The Kier molecular flexibility index (Phi) is 8.76. The van der Waals surface area contributed by atoms with Gasteiger partial charge in [0.15, 0.2) is 0 Å². The van der Waals surface area contributed by atoms with E-state index >= 15 is 0 Å². The molecule has 3 heterocycles. The van der Waals surface area contributed by atoms with Gasteiger partial charge in [-0.1, -0.05) is 42.1 Å². The van der Waals surface area contributed by atoms with Crippen LogP contribution in [0, 0.1) is 0 Å². The number of amides is 2. The number of carbonyl (C=O) groups excluding carboxylic acids is 4. The summed E-state index contributed by atoms with van der Waals surface area (Å²) in [7, 11) is 1.66. The number of fused-ring (bicyclic) bond motifs is 1. The van der Waals surface area contributed by atoms with Gasteiger partial charge < -0.3 is 20.0 Å². The molecule has 2 aliphatic rings. The Labute approximate surface area is 224 Å². The number of nitrogens with zero attached hydrogens (tertiary/aromatic N) is 5. The Morgan fingerprint density at radius 1 is 1.38 bits per heavy atom. The van der Waals surface area contributed by atoms with Crippen molar-refractivity contribution in [2.75, 3.05) is 11.5 Å². The van der Waals surface area contributed by atoms with Gasteiger partial charge in [-0.2, -0.15) is 0 Å². The number of nitrogens with one attached hydrogen (secondary N) is 1. The van der Waals surface area contributed by atoms with Crippen LogP contribution in [0.15, 0.2) is 46.8 Å². The van der Waals surface area contributed by atoms with Crippen LogP contribution < -0.4 is 40.0 Å². The molecule has 15 heteroatoms. The van der Waals surface area contributed by atoms with Gasteiger partial charge in [-0.05, 0) is 16.0 Å². The number of ether oxygens (including phenoxy) is 1. The van der Waals surface area contributed by atoms with E-state index in [2.05, 4.69) is 20.8 Å². The fourth-order valence-corrected chi connectivity index (χ4v) is 5.82. The van der Waals surface area contributed by atoms with Gasteiger partial charge in [0.05, 0.1) is 11.7 Å². The summed E-state index contributed by atoms with van der Waals surface area (Å²) in [4.78, 5) is 49.5. The largest absolute Gasteiger partial charge is 1.00 e. The van der Waals surface area contributed by atoms with Gasteiger partial charge in [0.2, 0.25) is 11.3 Å². The molecular formula is C19H17N6NaO6S2. The molecule has 2 aliphatic heterocycles. The van der Waals surface area contributed by atoms with Gasteiger partial charge in [0.1, 0.15) is 11.4 Å². The summed E-state index contributed by atoms with van der Waals surface area (Å²) in [5.41, 5.74) is 0.726. The first-order valence-electron chi connectivity index (χ1n) is 9.60. The van der Waals surface area contributed by atoms with Crippen molar-refractivity contribution in [1.82, 2.24) is 30.4 Å². The second kappa shape index (κ2) is 11.4. The molecule has 0 spiro atoms. The molecule has 1 aromatic carbocycles. The number of hydrogen-bond donors (Lipinski definition) is 1. The molecule has 0 aliphatic carbocycles. The maximum Gasteiger partial charge on any atom is 1.00 e. The minimum Gasteiger partial charge on any atom is -0.543 e. The third-order valence-electron chi connectivity index (χ3n) is 5.03. The summed E-state index contributed by atoms with van der Waals surface area (Å²) in [6.07, 6.45) is -1.23. The van der Waals surface area contributed by atoms with Gasteiger partial charge in [-0.25, -0.2) is 4.68 Å². The number of hydrogen-bond acceptors (Lipinski definition) is 11. The number of aryl methyl sites for hydroxylation is 1. The number of aromatic nitrogens is 4. The number of β-lactam (4-membered cyclic amide) rings is 1. The van der Waals surface area contributed by atoms with E-state index in [9.17, 15) is 24.3 Å². The number of rotatable bonds is 9. The molecule has 0 bridgehead atoms. The zero-order valence-electron chi connectivity index (χ0n) is 18.1. The number of carboxylic acid groups (broad SMARTS) is 1. The Balaban J connectivity index is 0.00000324. The van der Waals surface area contributed by atoms with Crippen LogP contribution in [-0.2, 0) is 31.0 Å². The molecule has 0 radical (unpaired) electrons. The zero-order chi connectivity index (χ0) is 23.5. The van der Waals surface area contributed by atoms with Crippen molar-refractivity contribution in [1.29, 1.82) is 0 Å². The summed E-state index contributed by atoms with van der Waals surface area (Å²) in [6.45, 7) is 0.162. The smallest absolute Gasteiger partial charge is 0.543 e. The van der Waals surface area contributed by atoms with E-state index in [0.29, 0.717) is 22.0 Å². The van der Waals surface area contributed by atoms with Crippen molar-refractivity contribution < 1.29 is 58.6 Å². The van der Waals surface area contributed by atoms with E-state index < -0.39 is 35.3 Å². The molecular weight excluding hydrogens is 495 g/mol. The molecule has 1 aromatic heterocycles. The second-order valence-electron chi connectivity index (χ2n) is 7.03. The fourth-order valence-electron chi connectivity index (χ4n) is 3.48. The van der Waals surface area contributed by atoms with Gasteiger partial charge in [-0.3, -0.25) is 19.3 Å². The number of carboxylic acids is 1. The van der Waals surface area contributed by atoms with Crippen LogP contribution in [0.1, 0.15) is 11.7 Å². The van der Waals surface area contributed by atoms with Crippen molar-refractivity contribution in [3.63, 3.8) is 0 Å². The third kappa shape index (κ3) is 5.15. The zero-order valence-corrected chi connectivity index (χ0v) is 21.7. The minimum absolute atomic E-state index is 0. The summed E-state index contributed by atoms with van der Waals surface area (Å²) < 4.78 is 6.38. The number of carbonyl (C=O) groups is 4. The Hall–Kier alpha value is -2.39. The molecule has 1 fully saturated rings. The molecule has 4 rings (SSSR count). The Morgan fingerprint density at radius 3 is 2.74 bits per heavy atom. The van der Waals surface area contributed by atoms with E-state index in [1.807, 2.05) is 0 Å². The van der Waals surface area contributed by atoms with Crippen molar-refractivity contribution in [2.24, 2.45) is 7.05 Å². The molecule has 172 valence electrons. The van der Waals surface area contributed by atoms with Gasteiger partial charge in [0, 0.05) is 24.1 Å². The summed E-state index contributed by atoms with van der Waals surface area (Å²) in [5.74, 6) is -2.17. The first kappa shape index (κ1) is 26.2. The quantitative estimate of drug-likeness (QED) is 0.150. The van der Waals surface area contributed by atoms with Crippen LogP contribution in [0.5, 0.6) is 0 Å². The molecule has 2 amide bonds. The van der Waals surface area contributed by atoms with Crippen LogP contribution in [0.3, 0.4) is 0 Å². The average molecular weight is 513 g/mol. The maximum atomic E-state index is 12.8. The van der Waals surface area contributed by atoms with Gasteiger partial charge in [-0.15, -0.1) is 16.9 Å². The number of benzene rings is 1. The fraction of sp³-hybridized carbons (Fsp3) is 0.316. The summed E-state index contributed by atoms with van der Waals surface area (Å²) in [6, 6.07) is 7.39. The molecule has 0 saturated carbocycles. The SMILES string of the molecule is Cn1nnnc1SCC1=C(C(=O)[O-])N2C(=O)[C@@H](NC(=O)[C@H](OC=O)c3ccccc3)C2SC1.[Na+]. The van der Waals surface area contributed by atoms with E-state index in [-0.39, 0.29) is 47.5 Å². The van der Waals surface area contributed by atoms with Crippen molar-refractivity contribution in [3.05, 3.63) is 47.2 Å². The predicted molar refractivity (Wildman–Crippen MR) is 113 cm³/mol. The van der Waals surface area contributed by atoms with Crippen LogP contribution in [0.4, 0.5) is 0 Å². The van der Waals surface area contributed by atoms with Gasteiger partial charge >= 0.3 is 29.6 Å². The molecule has 1 N–H and O–H groups in total. The molecule has 1 unspecified atom stereocenters. The summed E-state index contributed by atoms with van der Waals surface area (Å²) in [5, 5.41) is 25.4. The third-order valence-corrected chi connectivity index (χ3v) is 7.46. The number of tetrazole rings is 1. The Morgan fingerprint density at radius 2 is 2.12 bits per heavy atom. The van der Waals surface area contributed by atoms with Crippen molar-refractivity contribution in [2.45, 2.75) is 22.7 Å². The van der Waals surface area contributed by atoms with Crippen LogP contribution in [0.2, 0.25) is 0 Å². The second-order valence-corrected chi connectivity index (χ2v) is 9.08. The minimum atomic E-state index is -1.48. The van der Waals surface area contributed by atoms with Crippen molar-refractivity contribution >= 4 is 47.8 Å².